The molecule has 1 unspecified atom stereocenters. The zero-order valence-corrected chi connectivity index (χ0v) is 9.35. The van der Waals surface area contributed by atoms with Crippen molar-refractivity contribution in [1.82, 2.24) is 10.2 Å². The van der Waals surface area contributed by atoms with Crippen LogP contribution in [0, 0.1) is 0 Å². The van der Waals surface area contributed by atoms with E-state index in [4.69, 9.17) is 4.74 Å². The Labute approximate surface area is 95.2 Å². The summed E-state index contributed by atoms with van der Waals surface area (Å²) in [5.41, 5.74) is 1.18. The number of carbonyl (C=O) groups excluding carboxylic acids is 1. The average molecular weight is 220 g/mol. The van der Waals surface area contributed by atoms with Gasteiger partial charge in [-0.05, 0) is 12.6 Å². The van der Waals surface area contributed by atoms with Crippen molar-refractivity contribution < 1.29 is 9.53 Å². The molecule has 1 aliphatic rings. The van der Waals surface area contributed by atoms with Gasteiger partial charge >= 0.3 is 6.09 Å². The van der Waals surface area contributed by atoms with Crippen molar-refractivity contribution in [3.05, 3.63) is 35.9 Å². The number of carbonyl (C=O) groups is 1. The first-order valence-electron chi connectivity index (χ1n) is 5.45. The highest BCUT2D eigenvalue weighted by molar-refractivity contribution is 5.69. The van der Waals surface area contributed by atoms with Crippen LogP contribution in [0.4, 0.5) is 4.79 Å². The van der Waals surface area contributed by atoms with E-state index in [-0.39, 0.29) is 12.1 Å². The van der Waals surface area contributed by atoms with Crippen molar-refractivity contribution in [1.29, 1.82) is 0 Å². The van der Waals surface area contributed by atoms with Gasteiger partial charge in [-0.3, -0.25) is 0 Å². The van der Waals surface area contributed by atoms with Crippen LogP contribution < -0.4 is 5.32 Å². The first kappa shape index (κ1) is 11.0. The van der Waals surface area contributed by atoms with Crippen molar-refractivity contribution in [2.24, 2.45) is 0 Å². The molecule has 1 aliphatic heterocycles. The smallest absolute Gasteiger partial charge is 0.410 e. The molecule has 0 spiro atoms. The third-order valence-electron chi connectivity index (χ3n) is 2.80. The highest BCUT2D eigenvalue weighted by Gasteiger charge is 2.24. The van der Waals surface area contributed by atoms with E-state index in [2.05, 4.69) is 17.4 Å². The van der Waals surface area contributed by atoms with Crippen LogP contribution in [0.1, 0.15) is 11.6 Å². The van der Waals surface area contributed by atoms with E-state index in [1.165, 1.54) is 5.56 Å². The number of hydrogen-bond acceptors (Lipinski definition) is 3. The number of likely N-dealkylation sites (N-methyl/N-ethyl adjacent to an activating group) is 1. The summed E-state index contributed by atoms with van der Waals surface area (Å²) in [6.07, 6.45) is -0.212. The lowest BCUT2D eigenvalue weighted by molar-refractivity contribution is 0.156. The van der Waals surface area contributed by atoms with Crippen LogP contribution in [0.25, 0.3) is 0 Å². The van der Waals surface area contributed by atoms with Gasteiger partial charge in [0, 0.05) is 12.6 Å². The molecule has 1 aromatic carbocycles. The molecule has 16 heavy (non-hydrogen) atoms. The molecule has 0 saturated carbocycles. The van der Waals surface area contributed by atoms with Gasteiger partial charge < -0.3 is 15.0 Å². The second-order valence-electron chi connectivity index (χ2n) is 3.81. The Balaban J connectivity index is 2.03. The fraction of sp³-hybridized carbons (Fsp3) is 0.417. The highest BCUT2D eigenvalue weighted by atomic mass is 16.6. The largest absolute Gasteiger partial charge is 0.448 e. The lowest BCUT2D eigenvalue weighted by Crippen LogP contribution is -2.34. The number of benzene rings is 1. The zero-order chi connectivity index (χ0) is 11.4. The Hall–Kier alpha value is -1.55. The molecule has 1 fully saturated rings. The van der Waals surface area contributed by atoms with Crippen molar-refractivity contribution in [3.63, 3.8) is 0 Å². The standard InChI is InChI=1S/C12H16N2O2/c1-13-11(10-5-3-2-4-6-10)9-14-7-8-16-12(14)15/h2-6,11,13H,7-9H2,1H3. The van der Waals surface area contributed by atoms with Crippen LogP contribution in [0.3, 0.4) is 0 Å². The monoisotopic (exact) mass is 220 g/mol. The number of amides is 1. The van der Waals surface area contributed by atoms with Gasteiger partial charge in [-0.15, -0.1) is 0 Å². The van der Waals surface area contributed by atoms with Crippen LogP contribution >= 0.6 is 0 Å². The number of nitrogens with one attached hydrogen (secondary N) is 1. The Morgan fingerprint density at radius 1 is 1.44 bits per heavy atom. The number of cyclic esters (lactones) is 1. The molecule has 4 heteroatoms. The van der Waals surface area contributed by atoms with Crippen molar-refractivity contribution in [2.45, 2.75) is 6.04 Å². The van der Waals surface area contributed by atoms with Gasteiger partial charge in [-0.2, -0.15) is 0 Å². The summed E-state index contributed by atoms with van der Waals surface area (Å²) in [5, 5.41) is 3.22. The van der Waals surface area contributed by atoms with E-state index in [0.717, 1.165) is 0 Å². The van der Waals surface area contributed by atoms with Gasteiger partial charge in [0.15, 0.2) is 0 Å². The molecule has 4 nitrogen and oxygen atoms in total. The first-order valence-corrected chi connectivity index (χ1v) is 5.45. The van der Waals surface area contributed by atoms with Gasteiger partial charge in [0.2, 0.25) is 0 Å². The fourth-order valence-electron chi connectivity index (χ4n) is 1.86. The van der Waals surface area contributed by atoms with E-state index in [1.807, 2.05) is 25.2 Å². The summed E-state index contributed by atoms with van der Waals surface area (Å²) in [6.45, 7) is 1.84. The quantitative estimate of drug-likeness (QED) is 0.834. The SMILES string of the molecule is CNC(CN1CCOC1=O)c1ccccc1. The van der Waals surface area contributed by atoms with E-state index in [0.29, 0.717) is 19.7 Å². The second kappa shape index (κ2) is 4.99. The minimum atomic E-state index is -0.212. The molecule has 1 aromatic rings. The molecule has 1 amide bonds. The molecule has 0 aliphatic carbocycles. The predicted molar refractivity (Wildman–Crippen MR) is 61.2 cm³/mol. The van der Waals surface area contributed by atoms with E-state index in [1.54, 1.807) is 4.90 Å². The summed E-state index contributed by atoms with van der Waals surface area (Å²) in [6, 6.07) is 10.3. The molecule has 0 aromatic heterocycles. The van der Waals surface area contributed by atoms with Gasteiger partial charge in [0.1, 0.15) is 6.61 Å². The summed E-state index contributed by atoms with van der Waals surface area (Å²) < 4.78 is 4.91. The highest BCUT2D eigenvalue weighted by Crippen LogP contribution is 2.15. The second-order valence-corrected chi connectivity index (χ2v) is 3.81. The molecular weight excluding hydrogens is 204 g/mol. The summed E-state index contributed by atoms with van der Waals surface area (Å²) in [4.78, 5) is 13.1. The predicted octanol–water partition coefficient (Wildman–Crippen LogP) is 1.40. The van der Waals surface area contributed by atoms with E-state index < -0.39 is 0 Å². The van der Waals surface area contributed by atoms with Gasteiger partial charge in [0.25, 0.3) is 0 Å². The first-order chi connectivity index (χ1) is 7.81. The Morgan fingerprint density at radius 3 is 2.75 bits per heavy atom. The lowest BCUT2D eigenvalue weighted by Gasteiger charge is -2.21. The molecule has 1 heterocycles. The molecular formula is C12H16N2O2. The molecule has 1 N–H and O–H groups in total. The van der Waals surface area contributed by atoms with Crippen LogP contribution in [-0.4, -0.2) is 37.7 Å². The number of nitrogens with zero attached hydrogens (tertiary/aromatic N) is 1. The summed E-state index contributed by atoms with van der Waals surface area (Å²) in [5.74, 6) is 0. The Bertz CT molecular complexity index is 353. The number of rotatable bonds is 4. The fourth-order valence-corrected chi connectivity index (χ4v) is 1.86. The molecule has 0 bridgehead atoms. The topological polar surface area (TPSA) is 41.6 Å². The van der Waals surface area contributed by atoms with Gasteiger partial charge in [0.05, 0.1) is 6.54 Å². The Kier molecular flexibility index (Phi) is 3.41. The third-order valence-corrected chi connectivity index (χ3v) is 2.80. The van der Waals surface area contributed by atoms with Crippen LogP contribution in [0.2, 0.25) is 0 Å². The van der Waals surface area contributed by atoms with Crippen LogP contribution in [-0.2, 0) is 4.74 Å². The zero-order valence-electron chi connectivity index (χ0n) is 9.35. The minimum Gasteiger partial charge on any atom is -0.448 e. The number of ether oxygens (including phenoxy) is 1. The van der Waals surface area contributed by atoms with Gasteiger partial charge in [-0.25, -0.2) is 4.79 Å². The minimum absolute atomic E-state index is 0.159. The third kappa shape index (κ3) is 2.33. The van der Waals surface area contributed by atoms with E-state index in [9.17, 15) is 4.79 Å². The normalized spacial score (nSPS) is 17.3. The molecule has 0 radical (unpaired) electrons. The maximum atomic E-state index is 11.3. The average Bonchev–Trinajstić information content (AvgIpc) is 2.73. The van der Waals surface area contributed by atoms with Crippen LogP contribution in [0.5, 0.6) is 0 Å². The Morgan fingerprint density at radius 2 is 2.19 bits per heavy atom. The maximum absolute atomic E-state index is 11.3. The molecule has 1 saturated heterocycles. The summed E-state index contributed by atoms with van der Waals surface area (Å²) in [7, 11) is 1.90. The summed E-state index contributed by atoms with van der Waals surface area (Å²) >= 11 is 0. The van der Waals surface area contributed by atoms with Crippen LogP contribution in [0.15, 0.2) is 30.3 Å². The molecule has 1 atom stereocenters. The van der Waals surface area contributed by atoms with E-state index >= 15 is 0 Å². The van der Waals surface area contributed by atoms with Gasteiger partial charge in [-0.1, -0.05) is 30.3 Å². The maximum Gasteiger partial charge on any atom is 0.410 e. The number of hydrogen-bond donors (Lipinski definition) is 1. The van der Waals surface area contributed by atoms with Crippen molar-refractivity contribution >= 4 is 6.09 Å². The molecule has 2 rings (SSSR count). The van der Waals surface area contributed by atoms with Crippen molar-refractivity contribution in [2.75, 3.05) is 26.7 Å². The lowest BCUT2D eigenvalue weighted by atomic mass is 10.1. The van der Waals surface area contributed by atoms with Crippen molar-refractivity contribution in [3.8, 4) is 0 Å². The molecule has 86 valence electrons.